The van der Waals surface area contributed by atoms with Gasteiger partial charge in [-0.3, -0.25) is 4.79 Å². The van der Waals surface area contributed by atoms with Crippen molar-refractivity contribution in [2.24, 2.45) is 5.92 Å². The molecular weight excluding hydrogens is 218 g/mol. The lowest BCUT2D eigenvalue weighted by atomic mass is 10.1. The summed E-state index contributed by atoms with van der Waals surface area (Å²) >= 11 is 0. The lowest BCUT2D eigenvalue weighted by molar-refractivity contribution is -0.119. The van der Waals surface area contributed by atoms with E-state index in [2.05, 4.69) is 10.3 Å². The van der Waals surface area contributed by atoms with Crippen LogP contribution in [-0.2, 0) is 9.53 Å². The van der Waals surface area contributed by atoms with Crippen molar-refractivity contribution in [3.63, 3.8) is 0 Å². The fraction of sp³-hybridized carbons (Fsp3) is 0.417. The van der Waals surface area contributed by atoms with Gasteiger partial charge in [-0.25, -0.2) is 4.98 Å². The number of nitrogens with zero attached hydrogens (tertiary/aromatic N) is 2. The van der Waals surface area contributed by atoms with Crippen LogP contribution in [0.25, 0.3) is 0 Å². The van der Waals surface area contributed by atoms with Gasteiger partial charge in [0.25, 0.3) is 0 Å². The molecule has 2 atom stereocenters. The van der Waals surface area contributed by atoms with Crippen molar-refractivity contribution in [2.75, 3.05) is 11.9 Å². The summed E-state index contributed by atoms with van der Waals surface area (Å²) in [5.41, 5.74) is 0.478. The summed E-state index contributed by atoms with van der Waals surface area (Å²) in [4.78, 5) is 15.8. The molecule has 5 heteroatoms. The van der Waals surface area contributed by atoms with Crippen molar-refractivity contribution < 1.29 is 9.53 Å². The number of ether oxygens (including phenoxy) is 1. The second-order valence-corrected chi connectivity index (χ2v) is 4.11. The first-order chi connectivity index (χ1) is 8.19. The summed E-state index contributed by atoms with van der Waals surface area (Å²) in [5, 5.41) is 11.4. The second kappa shape index (κ2) is 4.93. The Bertz CT molecular complexity index is 467. The lowest BCUT2D eigenvalue weighted by Gasteiger charge is -2.08. The highest BCUT2D eigenvalue weighted by Gasteiger charge is 2.28. The molecule has 1 aromatic rings. The highest BCUT2D eigenvalue weighted by molar-refractivity contribution is 5.92. The zero-order valence-electron chi connectivity index (χ0n) is 9.51. The number of hydrogen-bond donors (Lipinski definition) is 1. The first kappa shape index (κ1) is 11.6. The second-order valence-electron chi connectivity index (χ2n) is 4.11. The van der Waals surface area contributed by atoms with Gasteiger partial charge >= 0.3 is 0 Å². The molecule has 0 radical (unpaired) electrons. The Labute approximate surface area is 99.4 Å². The van der Waals surface area contributed by atoms with Crippen molar-refractivity contribution in [1.29, 1.82) is 5.26 Å². The van der Waals surface area contributed by atoms with Gasteiger partial charge in [0, 0.05) is 6.20 Å². The number of amides is 1. The minimum atomic E-state index is -0.127. The van der Waals surface area contributed by atoms with Crippen LogP contribution >= 0.6 is 0 Å². The maximum absolute atomic E-state index is 11.8. The van der Waals surface area contributed by atoms with Gasteiger partial charge in [-0.15, -0.1) is 0 Å². The SMILES string of the molecule is CC1CC(C(=O)Nc2cc(C#N)ccn2)CO1. The van der Waals surface area contributed by atoms with E-state index < -0.39 is 0 Å². The number of rotatable bonds is 2. The molecule has 1 amide bonds. The number of anilines is 1. The van der Waals surface area contributed by atoms with Crippen LogP contribution < -0.4 is 5.32 Å². The predicted molar refractivity (Wildman–Crippen MR) is 61.1 cm³/mol. The Morgan fingerprint density at radius 2 is 2.53 bits per heavy atom. The summed E-state index contributed by atoms with van der Waals surface area (Å²) in [6.07, 6.45) is 2.36. The van der Waals surface area contributed by atoms with Gasteiger partial charge in [0.15, 0.2) is 0 Å². The first-order valence-corrected chi connectivity index (χ1v) is 5.47. The van der Waals surface area contributed by atoms with Gasteiger partial charge in [-0.2, -0.15) is 5.26 Å². The summed E-state index contributed by atoms with van der Waals surface area (Å²) in [7, 11) is 0. The lowest BCUT2D eigenvalue weighted by Crippen LogP contribution is -2.23. The molecule has 0 spiro atoms. The Kier molecular flexibility index (Phi) is 3.35. The van der Waals surface area contributed by atoms with E-state index in [0.29, 0.717) is 18.0 Å². The topological polar surface area (TPSA) is 75.0 Å². The van der Waals surface area contributed by atoms with Gasteiger partial charge in [0.1, 0.15) is 5.82 Å². The van der Waals surface area contributed by atoms with Gasteiger partial charge < -0.3 is 10.1 Å². The Hall–Kier alpha value is -1.93. The minimum absolute atomic E-state index is 0.100. The molecule has 0 bridgehead atoms. The number of nitriles is 1. The van der Waals surface area contributed by atoms with Crippen molar-refractivity contribution in [2.45, 2.75) is 19.4 Å². The third-order valence-corrected chi connectivity index (χ3v) is 2.71. The maximum Gasteiger partial charge on any atom is 0.231 e. The Morgan fingerprint density at radius 1 is 1.71 bits per heavy atom. The molecule has 17 heavy (non-hydrogen) atoms. The highest BCUT2D eigenvalue weighted by Crippen LogP contribution is 2.20. The van der Waals surface area contributed by atoms with Gasteiger partial charge in [-0.1, -0.05) is 0 Å². The van der Waals surface area contributed by atoms with Gasteiger partial charge in [0.05, 0.1) is 30.3 Å². The van der Waals surface area contributed by atoms with Crippen LogP contribution in [-0.4, -0.2) is 23.6 Å². The molecule has 1 aromatic heterocycles. The van der Waals surface area contributed by atoms with Crippen LogP contribution in [0.5, 0.6) is 0 Å². The molecule has 0 aliphatic carbocycles. The van der Waals surface area contributed by atoms with Crippen LogP contribution in [0, 0.1) is 17.2 Å². The third-order valence-electron chi connectivity index (χ3n) is 2.71. The van der Waals surface area contributed by atoms with E-state index in [1.54, 1.807) is 12.1 Å². The van der Waals surface area contributed by atoms with E-state index >= 15 is 0 Å². The van der Waals surface area contributed by atoms with Crippen molar-refractivity contribution in [1.82, 2.24) is 4.98 Å². The maximum atomic E-state index is 11.8. The van der Waals surface area contributed by atoms with Crippen LogP contribution in [0.1, 0.15) is 18.9 Å². The van der Waals surface area contributed by atoms with E-state index in [9.17, 15) is 4.79 Å². The number of carbonyl (C=O) groups is 1. The fourth-order valence-corrected chi connectivity index (χ4v) is 1.80. The molecule has 1 N–H and O–H groups in total. The minimum Gasteiger partial charge on any atom is -0.378 e. The molecule has 2 heterocycles. The number of pyridine rings is 1. The monoisotopic (exact) mass is 231 g/mol. The van der Waals surface area contributed by atoms with E-state index in [1.165, 1.54) is 6.20 Å². The van der Waals surface area contributed by atoms with Crippen LogP contribution in [0.3, 0.4) is 0 Å². The number of carbonyl (C=O) groups excluding carboxylic acids is 1. The predicted octanol–water partition coefficient (Wildman–Crippen LogP) is 1.32. The molecule has 88 valence electrons. The highest BCUT2D eigenvalue weighted by atomic mass is 16.5. The zero-order valence-corrected chi connectivity index (χ0v) is 9.51. The number of aromatic nitrogens is 1. The van der Waals surface area contributed by atoms with Crippen molar-refractivity contribution >= 4 is 11.7 Å². The molecule has 5 nitrogen and oxygen atoms in total. The van der Waals surface area contributed by atoms with Gasteiger partial charge in [0.2, 0.25) is 5.91 Å². The van der Waals surface area contributed by atoms with E-state index in [4.69, 9.17) is 10.00 Å². The number of hydrogen-bond acceptors (Lipinski definition) is 4. The summed E-state index contributed by atoms with van der Waals surface area (Å²) in [6.45, 7) is 2.40. The van der Waals surface area contributed by atoms with E-state index in [0.717, 1.165) is 6.42 Å². The van der Waals surface area contributed by atoms with Crippen molar-refractivity contribution in [3.05, 3.63) is 23.9 Å². The fourth-order valence-electron chi connectivity index (χ4n) is 1.80. The van der Waals surface area contributed by atoms with Crippen LogP contribution in [0.4, 0.5) is 5.82 Å². The van der Waals surface area contributed by atoms with Crippen molar-refractivity contribution in [3.8, 4) is 6.07 Å². The Morgan fingerprint density at radius 3 is 3.18 bits per heavy atom. The third kappa shape index (κ3) is 2.80. The van der Waals surface area contributed by atoms with Gasteiger partial charge in [-0.05, 0) is 25.5 Å². The summed E-state index contributed by atoms with van der Waals surface area (Å²) in [5.74, 6) is 0.183. The number of nitrogens with one attached hydrogen (secondary N) is 1. The van der Waals surface area contributed by atoms with Crippen LogP contribution in [0.2, 0.25) is 0 Å². The van der Waals surface area contributed by atoms with E-state index in [1.807, 2.05) is 13.0 Å². The largest absolute Gasteiger partial charge is 0.378 e. The molecule has 1 saturated heterocycles. The molecule has 2 rings (SSSR count). The Balaban J connectivity index is 2.01. The smallest absolute Gasteiger partial charge is 0.231 e. The van der Waals surface area contributed by atoms with Crippen LogP contribution in [0.15, 0.2) is 18.3 Å². The molecule has 1 aliphatic heterocycles. The molecule has 1 aliphatic rings. The first-order valence-electron chi connectivity index (χ1n) is 5.47. The molecular formula is C12H13N3O2. The summed E-state index contributed by atoms with van der Waals surface area (Å²) < 4.78 is 5.34. The quantitative estimate of drug-likeness (QED) is 0.832. The average molecular weight is 231 g/mol. The zero-order chi connectivity index (χ0) is 12.3. The normalized spacial score (nSPS) is 23.1. The standard InChI is InChI=1S/C12H13N3O2/c1-8-4-10(7-17-8)12(16)15-11-5-9(6-13)2-3-14-11/h2-3,5,8,10H,4,7H2,1H3,(H,14,15,16). The molecule has 0 aromatic carbocycles. The molecule has 1 fully saturated rings. The van der Waals surface area contributed by atoms with E-state index in [-0.39, 0.29) is 17.9 Å². The average Bonchev–Trinajstić information content (AvgIpc) is 2.76. The molecule has 0 saturated carbocycles. The molecule has 2 unspecified atom stereocenters. The summed E-state index contributed by atoms with van der Waals surface area (Å²) in [6, 6.07) is 5.15.